The molecule has 0 bridgehead atoms. The highest BCUT2D eigenvalue weighted by Crippen LogP contribution is 2.22. The van der Waals surface area contributed by atoms with Crippen LogP contribution in [-0.2, 0) is 4.74 Å². The molecule has 1 rings (SSSR count). The first kappa shape index (κ1) is 7.91. The van der Waals surface area contributed by atoms with Crippen LogP contribution >= 0.6 is 0 Å². The smallest absolute Gasteiger partial charge is 0.157 e. The molecule has 1 heterocycles. The van der Waals surface area contributed by atoms with Crippen molar-refractivity contribution in [3.63, 3.8) is 0 Å². The topological polar surface area (TPSA) is 49.7 Å². The molecule has 0 radical (unpaired) electrons. The maximum Gasteiger partial charge on any atom is 0.157 e. The summed E-state index contributed by atoms with van der Waals surface area (Å²) in [7, 11) is 0. The van der Waals surface area contributed by atoms with Gasteiger partial charge in [-0.05, 0) is 6.92 Å². The summed E-state index contributed by atoms with van der Waals surface area (Å²) in [5.74, 6) is 0. The van der Waals surface area contributed by atoms with Crippen molar-refractivity contribution in [3.8, 4) is 0 Å². The van der Waals surface area contributed by atoms with Gasteiger partial charge >= 0.3 is 0 Å². The van der Waals surface area contributed by atoms with Crippen LogP contribution in [0.4, 0.5) is 4.39 Å². The third kappa shape index (κ3) is 1.14. The van der Waals surface area contributed by atoms with Crippen LogP contribution in [0, 0.1) is 0 Å². The molecule has 0 aromatic carbocycles. The first-order chi connectivity index (χ1) is 4.66. The van der Waals surface area contributed by atoms with E-state index in [4.69, 9.17) is 14.9 Å². The lowest BCUT2D eigenvalue weighted by molar-refractivity contribution is -0.00429. The molecular formula is C6H11FO3. The van der Waals surface area contributed by atoms with Crippen molar-refractivity contribution < 1.29 is 19.3 Å². The van der Waals surface area contributed by atoms with Crippen molar-refractivity contribution in [1.29, 1.82) is 0 Å². The molecule has 1 aliphatic rings. The van der Waals surface area contributed by atoms with Gasteiger partial charge in [0.1, 0.15) is 12.2 Å². The molecule has 1 saturated heterocycles. The summed E-state index contributed by atoms with van der Waals surface area (Å²) >= 11 is 0. The van der Waals surface area contributed by atoms with Crippen LogP contribution in [0.5, 0.6) is 0 Å². The zero-order chi connectivity index (χ0) is 7.72. The summed E-state index contributed by atoms with van der Waals surface area (Å²) in [6.45, 7) is 1.20. The summed E-state index contributed by atoms with van der Waals surface area (Å²) < 4.78 is 17.6. The van der Waals surface area contributed by atoms with Gasteiger partial charge in [-0.2, -0.15) is 0 Å². The lowest BCUT2D eigenvalue weighted by atomic mass is 10.1. The van der Waals surface area contributed by atoms with Crippen LogP contribution in [0.2, 0.25) is 0 Å². The van der Waals surface area contributed by atoms with Crippen LogP contribution < -0.4 is 0 Å². The number of rotatable bonds is 1. The SMILES string of the molecule is CC1O[C@H](CO)[C@@H](F)[C@H]1O. The summed E-state index contributed by atoms with van der Waals surface area (Å²) in [4.78, 5) is 0. The van der Waals surface area contributed by atoms with Crippen LogP contribution in [0.15, 0.2) is 0 Å². The Morgan fingerprint density at radius 3 is 2.40 bits per heavy atom. The van der Waals surface area contributed by atoms with Crippen LogP contribution in [-0.4, -0.2) is 41.3 Å². The van der Waals surface area contributed by atoms with Gasteiger partial charge in [0.15, 0.2) is 6.17 Å². The molecule has 0 amide bonds. The number of halogens is 1. The fourth-order valence-corrected chi connectivity index (χ4v) is 1.05. The number of ether oxygens (including phenoxy) is 1. The molecular weight excluding hydrogens is 139 g/mol. The molecule has 60 valence electrons. The Bertz CT molecular complexity index is 120. The Morgan fingerprint density at radius 2 is 2.20 bits per heavy atom. The van der Waals surface area contributed by atoms with E-state index in [9.17, 15) is 4.39 Å². The van der Waals surface area contributed by atoms with E-state index in [1.165, 1.54) is 0 Å². The zero-order valence-electron chi connectivity index (χ0n) is 5.70. The number of hydrogen-bond donors (Lipinski definition) is 2. The van der Waals surface area contributed by atoms with Gasteiger partial charge in [0.25, 0.3) is 0 Å². The molecule has 3 nitrogen and oxygen atoms in total. The van der Waals surface area contributed by atoms with Crippen molar-refractivity contribution >= 4 is 0 Å². The van der Waals surface area contributed by atoms with Gasteiger partial charge in [0.2, 0.25) is 0 Å². The van der Waals surface area contributed by atoms with Gasteiger partial charge in [0, 0.05) is 0 Å². The predicted octanol–water partition coefficient (Wildman–Crippen LogP) is -0.535. The first-order valence-electron chi connectivity index (χ1n) is 3.25. The second-order valence-electron chi connectivity index (χ2n) is 2.50. The molecule has 4 heteroatoms. The molecule has 2 N–H and O–H groups in total. The number of aliphatic hydroxyl groups excluding tert-OH is 2. The Labute approximate surface area is 58.4 Å². The van der Waals surface area contributed by atoms with Crippen molar-refractivity contribution in [3.05, 3.63) is 0 Å². The molecule has 0 aromatic rings. The molecule has 0 aromatic heterocycles. The minimum absolute atomic E-state index is 0.372. The van der Waals surface area contributed by atoms with Crippen LogP contribution in [0.1, 0.15) is 6.92 Å². The third-order valence-corrected chi connectivity index (χ3v) is 1.73. The number of aliphatic hydroxyl groups is 2. The molecule has 0 aliphatic carbocycles. The second kappa shape index (κ2) is 2.82. The Morgan fingerprint density at radius 1 is 1.60 bits per heavy atom. The van der Waals surface area contributed by atoms with E-state index in [0.29, 0.717) is 0 Å². The van der Waals surface area contributed by atoms with E-state index >= 15 is 0 Å². The van der Waals surface area contributed by atoms with Gasteiger partial charge in [-0.25, -0.2) is 4.39 Å². The number of hydrogen-bond acceptors (Lipinski definition) is 3. The van der Waals surface area contributed by atoms with E-state index in [0.717, 1.165) is 0 Å². The maximum atomic E-state index is 12.7. The zero-order valence-corrected chi connectivity index (χ0v) is 5.70. The molecule has 1 aliphatic heterocycles. The minimum atomic E-state index is -1.44. The summed E-state index contributed by atoms with van der Waals surface area (Å²) in [6, 6.07) is 0. The standard InChI is InChI=1S/C6H11FO3/c1-3-6(9)5(7)4(2-8)10-3/h3-6,8-9H,2H2,1H3/t3?,4-,5-,6+/m1/s1. The van der Waals surface area contributed by atoms with Gasteiger partial charge in [-0.1, -0.05) is 0 Å². The maximum absolute atomic E-state index is 12.7. The highest BCUT2D eigenvalue weighted by molar-refractivity contribution is 4.88. The van der Waals surface area contributed by atoms with Crippen molar-refractivity contribution in [2.24, 2.45) is 0 Å². The van der Waals surface area contributed by atoms with Gasteiger partial charge in [-0.15, -0.1) is 0 Å². The monoisotopic (exact) mass is 150 g/mol. The second-order valence-corrected chi connectivity index (χ2v) is 2.50. The van der Waals surface area contributed by atoms with Gasteiger partial charge in [0.05, 0.1) is 12.7 Å². The van der Waals surface area contributed by atoms with E-state index in [2.05, 4.69) is 0 Å². The fraction of sp³-hybridized carbons (Fsp3) is 1.00. The highest BCUT2D eigenvalue weighted by atomic mass is 19.1. The third-order valence-electron chi connectivity index (χ3n) is 1.73. The summed E-state index contributed by atoms with van der Waals surface area (Å²) in [6.07, 6.45) is -3.88. The lowest BCUT2D eigenvalue weighted by Gasteiger charge is -2.07. The van der Waals surface area contributed by atoms with Gasteiger partial charge in [-0.3, -0.25) is 0 Å². The Kier molecular flexibility index (Phi) is 2.23. The minimum Gasteiger partial charge on any atom is -0.394 e. The average Bonchev–Trinajstić information content (AvgIpc) is 2.17. The summed E-state index contributed by atoms with van der Waals surface area (Å²) in [5, 5.41) is 17.5. The van der Waals surface area contributed by atoms with Gasteiger partial charge < -0.3 is 14.9 Å². The quantitative estimate of drug-likeness (QED) is 0.528. The Balaban J connectivity index is 2.53. The average molecular weight is 150 g/mol. The molecule has 1 fully saturated rings. The predicted molar refractivity (Wildman–Crippen MR) is 32.3 cm³/mol. The van der Waals surface area contributed by atoms with E-state index in [1.807, 2.05) is 0 Å². The summed E-state index contributed by atoms with van der Waals surface area (Å²) in [5.41, 5.74) is 0. The lowest BCUT2D eigenvalue weighted by Crippen LogP contribution is -2.29. The normalized spacial score (nSPS) is 48.0. The number of alkyl halides is 1. The highest BCUT2D eigenvalue weighted by Gasteiger charge is 2.41. The van der Waals surface area contributed by atoms with Crippen LogP contribution in [0.25, 0.3) is 0 Å². The molecule has 0 spiro atoms. The van der Waals surface area contributed by atoms with Crippen LogP contribution in [0.3, 0.4) is 0 Å². The molecule has 0 saturated carbocycles. The van der Waals surface area contributed by atoms with Crippen molar-refractivity contribution in [2.45, 2.75) is 31.4 Å². The van der Waals surface area contributed by atoms with E-state index in [1.54, 1.807) is 6.92 Å². The first-order valence-corrected chi connectivity index (χ1v) is 3.25. The van der Waals surface area contributed by atoms with Crippen molar-refractivity contribution in [2.75, 3.05) is 6.61 Å². The van der Waals surface area contributed by atoms with Crippen molar-refractivity contribution in [1.82, 2.24) is 0 Å². The Hall–Kier alpha value is -0.190. The van der Waals surface area contributed by atoms with E-state index in [-0.39, 0.29) is 6.61 Å². The molecule has 4 atom stereocenters. The van der Waals surface area contributed by atoms with E-state index < -0.39 is 24.5 Å². The largest absolute Gasteiger partial charge is 0.394 e. The molecule has 10 heavy (non-hydrogen) atoms. The fourth-order valence-electron chi connectivity index (χ4n) is 1.05. The molecule has 1 unspecified atom stereocenters.